The van der Waals surface area contributed by atoms with E-state index in [2.05, 4.69) is 47.1 Å². The van der Waals surface area contributed by atoms with Gasteiger partial charge in [0.15, 0.2) is 0 Å². The molecule has 31 heavy (non-hydrogen) atoms. The van der Waals surface area contributed by atoms with Crippen LogP contribution in [0.2, 0.25) is 0 Å². The molecular weight excluding hydrogens is 382 g/mol. The molecule has 3 saturated carbocycles. The van der Waals surface area contributed by atoms with Gasteiger partial charge in [0.2, 0.25) is 5.91 Å². The highest BCUT2D eigenvalue weighted by Crippen LogP contribution is 2.65. The summed E-state index contributed by atoms with van der Waals surface area (Å²) in [6.45, 7) is 5.07. The number of nitrogens with one attached hydrogen (secondary N) is 1. The van der Waals surface area contributed by atoms with Crippen LogP contribution in [0, 0.1) is 34.5 Å². The molecule has 0 saturated heterocycles. The van der Waals surface area contributed by atoms with E-state index in [0.717, 1.165) is 43.4 Å². The zero-order chi connectivity index (χ0) is 21.2. The number of carbonyl (C=O) groups is 1. The van der Waals surface area contributed by atoms with Crippen molar-refractivity contribution in [1.82, 2.24) is 14.9 Å². The van der Waals surface area contributed by atoms with Crippen LogP contribution in [0.15, 0.2) is 36.4 Å². The van der Waals surface area contributed by atoms with Crippen molar-refractivity contribution in [3.05, 3.63) is 36.4 Å². The Morgan fingerprint density at radius 2 is 1.90 bits per heavy atom. The first-order valence-electron chi connectivity index (χ1n) is 12.7. The first kappa shape index (κ1) is 19.8. The molecule has 166 valence electrons. The molecule has 0 radical (unpaired) electrons. The van der Waals surface area contributed by atoms with Gasteiger partial charge in [0, 0.05) is 35.5 Å². The van der Waals surface area contributed by atoms with Gasteiger partial charge >= 0.3 is 0 Å². The van der Waals surface area contributed by atoms with Crippen LogP contribution in [0.3, 0.4) is 0 Å². The molecule has 1 aromatic heterocycles. The van der Waals surface area contributed by atoms with Crippen molar-refractivity contribution >= 4 is 11.6 Å². The zero-order valence-corrected chi connectivity index (χ0v) is 19.1. The third-order valence-electron chi connectivity index (χ3n) is 10.2. The number of imidazole rings is 1. The molecule has 0 aliphatic heterocycles. The molecule has 0 spiro atoms. The topological polar surface area (TPSA) is 46.9 Å². The lowest BCUT2D eigenvalue weighted by molar-refractivity contribution is -0.128. The van der Waals surface area contributed by atoms with Gasteiger partial charge in [-0.2, -0.15) is 0 Å². The molecule has 0 bridgehead atoms. The van der Waals surface area contributed by atoms with Gasteiger partial charge in [-0.15, -0.1) is 0 Å². The summed E-state index contributed by atoms with van der Waals surface area (Å²) in [5.41, 5.74) is 3.75. The fourth-order valence-electron chi connectivity index (χ4n) is 8.12. The van der Waals surface area contributed by atoms with E-state index in [9.17, 15) is 4.79 Å². The van der Waals surface area contributed by atoms with Gasteiger partial charge in [-0.3, -0.25) is 4.79 Å². The molecule has 1 aromatic rings. The molecular formula is C27H37N3O. The number of nitrogens with zero attached hydrogens (tertiary/aromatic N) is 2. The minimum absolute atomic E-state index is 0.275. The highest BCUT2D eigenvalue weighted by molar-refractivity contribution is 5.79. The molecule has 0 aromatic carbocycles. The first-order chi connectivity index (χ1) is 15.0. The van der Waals surface area contributed by atoms with Crippen LogP contribution in [-0.2, 0) is 4.79 Å². The molecule has 1 heterocycles. The van der Waals surface area contributed by atoms with Crippen LogP contribution < -0.4 is 5.32 Å². The Labute approximate surface area is 186 Å². The Hall–Kier alpha value is -1.84. The van der Waals surface area contributed by atoms with E-state index in [0.29, 0.717) is 23.3 Å². The van der Waals surface area contributed by atoms with Crippen molar-refractivity contribution in [3.63, 3.8) is 0 Å². The van der Waals surface area contributed by atoms with Gasteiger partial charge in [0.25, 0.3) is 0 Å². The minimum Gasteiger partial charge on any atom is -0.353 e. The molecule has 4 nitrogen and oxygen atoms in total. The quantitative estimate of drug-likeness (QED) is 0.650. The summed E-state index contributed by atoms with van der Waals surface area (Å²) in [4.78, 5) is 16.8. The summed E-state index contributed by atoms with van der Waals surface area (Å²) in [6.07, 6.45) is 23.0. The highest BCUT2D eigenvalue weighted by atomic mass is 16.2. The van der Waals surface area contributed by atoms with Crippen LogP contribution in [0.5, 0.6) is 0 Å². The van der Waals surface area contributed by atoms with E-state index in [1.807, 2.05) is 12.5 Å². The third-order valence-corrected chi connectivity index (χ3v) is 10.2. The predicted octanol–water partition coefficient (Wildman–Crippen LogP) is 5.58. The molecule has 1 amide bonds. The molecule has 4 heteroatoms. The van der Waals surface area contributed by atoms with Crippen LogP contribution in [-0.4, -0.2) is 21.5 Å². The maximum atomic E-state index is 12.5. The Morgan fingerprint density at radius 1 is 1.06 bits per heavy atom. The normalized spacial score (nSPS) is 41.9. The van der Waals surface area contributed by atoms with Gasteiger partial charge in [-0.05, 0) is 81.0 Å². The van der Waals surface area contributed by atoms with Gasteiger partial charge in [-0.1, -0.05) is 38.0 Å². The maximum absolute atomic E-state index is 12.5. The smallest absolute Gasteiger partial charge is 0.223 e. The average Bonchev–Trinajstić information content (AvgIpc) is 3.33. The summed E-state index contributed by atoms with van der Waals surface area (Å²) in [5.74, 6) is 2.95. The minimum atomic E-state index is 0.275. The van der Waals surface area contributed by atoms with Crippen molar-refractivity contribution in [3.8, 4) is 0 Å². The number of aromatic nitrogens is 2. The largest absolute Gasteiger partial charge is 0.353 e. The second-order valence-corrected chi connectivity index (χ2v) is 11.6. The second-order valence-electron chi connectivity index (χ2n) is 11.6. The van der Waals surface area contributed by atoms with Crippen molar-refractivity contribution < 1.29 is 4.79 Å². The van der Waals surface area contributed by atoms with E-state index in [-0.39, 0.29) is 5.41 Å². The summed E-state index contributed by atoms with van der Waals surface area (Å²) in [7, 11) is 0. The van der Waals surface area contributed by atoms with Crippen molar-refractivity contribution in [2.24, 2.45) is 34.5 Å². The summed E-state index contributed by atoms with van der Waals surface area (Å²) >= 11 is 0. The lowest BCUT2D eigenvalue weighted by atomic mass is 9.47. The van der Waals surface area contributed by atoms with E-state index < -0.39 is 0 Å². The number of carbonyl (C=O) groups excluding carboxylic acids is 1. The molecule has 5 aliphatic rings. The van der Waals surface area contributed by atoms with Gasteiger partial charge in [-0.25, -0.2) is 4.98 Å². The predicted molar refractivity (Wildman–Crippen MR) is 123 cm³/mol. The Balaban J connectivity index is 1.20. The van der Waals surface area contributed by atoms with E-state index in [1.165, 1.54) is 44.2 Å². The number of amides is 1. The van der Waals surface area contributed by atoms with Gasteiger partial charge in [0.05, 0.1) is 6.33 Å². The Bertz CT molecular complexity index is 926. The number of hydrogen-bond acceptors (Lipinski definition) is 2. The van der Waals surface area contributed by atoms with E-state index >= 15 is 0 Å². The van der Waals surface area contributed by atoms with Crippen LogP contribution >= 0.6 is 0 Å². The van der Waals surface area contributed by atoms with Crippen LogP contribution in [0.25, 0.3) is 5.70 Å². The summed E-state index contributed by atoms with van der Waals surface area (Å²) < 4.78 is 2.27. The second kappa shape index (κ2) is 7.08. The fraction of sp³-hybridized carbons (Fsp3) is 0.704. The SMILES string of the molecule is C[C@]12CCC(NC(=O)C3CCC3)CC1=CCC1C2CC[C@]2(C)C(n3ccnc3)=CCC12. The Morgan fingerprint density at radius 3 is 2.65 bits per heavy atom. The van der Waals surface area contributed by atoms with E-state index in [1.54, 1.807) is 5.57 Å². The molecule has 4 unspecified atom stereocenters. The van der Waals surface area contributed by atoms with Crippen molar-refractivity contribution in [2.75, 3.05) is 0 Å². The van der Waals surface area contributed by atoms with Crippen LogP contribution in [0.1, 0.15) is 78.1 Å². The number of fused-ring (bicyclic) bond motifs is 5. The average molecular weight is 420 g/mol. The summed E-state index contributed by atoms with van der Waals surface area (Å²) in [5, 5.41) is 3.41. The number of hydrogen-bond donors (Lipinski definition) is 1. The van der Waals surface area contributed by atoms with Crippen molar-refractivity contribution in [1.29, 1.82) is 0 Å². The Kier molecular flexibility index (Phi) is 4.53. The molecule has 1 N–H and O–H groups in total. The standard InChI is InChI=1S/C27H37N3O/c1-26-12-10-20(29-25(31)18-4-3-5-18)16-19(26)6-7-21-22-8-9-24(30-15-14-28-17-30)27(22,2)13-11-23(21)26/h6,9,14-15,17-18,20-23H,3-5,7-8,10-13,16H2,1-2H3,(H,29,31)/t20?,21?,22?,23?,26-,27-/m0/s1. The fourth-order valence-corrected chi connectivity index (χ4v) is 8.12. The number of allylic oxidation sites excluding steroid dienone is 3. The number of rotatable bonds is 3. The lowest BCUT2D eigenvalue weighted by Gasteiger charge is -2.58. The maximum Gasteiger partial charge on any atom is 0.223 e. The molecule has 6 rings (SSSR count). The molecule has 5 aliphatic carbocycles. The van der Waals surface area contributed by atoms with Crippen molar-refractivity contribution in [2.45, 2.75) is 84.1 Å². The van der Waals surface area contributed by atoms with Crippen LogP contribution in [0.4, 0.5) is 0 Å². The zero-order valence-electron chi connectivity index (χ0n) is 19.1. The van der Waals surface area contributed by atoms with Gasteiger partial charge in [0.1, 0.15) is 0 Å². The highest BCUT2D eigenvalue weighted by Gasteiger charge is 2.57. The summed E-state index contributed by atoms with van der Waals surface area (Å²) in [6, 6.07) is 0.360. The molecule has 6 atom stereocenters. The molecule has 3 fully saturated rings. The van der Waals surface area contributed by atoms with Gasteiger partial charge < -0.3 is 9.88 Å². The lowest BCUT2D eigenvalue weighted by Crippen LogP contribution is -2.52. The third kappa shape index (κ3) is 2.93. The first-order valence-corrected chi connectivity index (χ1v) is 12.7. The van der Waals surface area contributed by atoms with E-state index in [4.69, 9.17) is 0 Å². The monoisotopic (exact) mass is 419 g/mol.